The van der Waals surface area contributed by atoms with Crippen molar-refractivity contribution in [2.75, 3.05) is 18.5 Å². The molecule has 0 aromatic heterocycles. The van der Waals surface area contributed by atoms with E-state index in [0.717, 1.165) is 6.07 Å². The molecule has 26 heavy (non-hydrogen) atoms. The number of nitrogens with zero attached hydrogens (tertiary/aromatic N) is 2. The lowest BCUT2D eigenvalue weighted by Crippen LogP contribution is -2.54. The molecule has 0 unspecified atom stereocenters. The first-order valence-electron chi connectivity index (χ1n) is 8.54. The van der Waals surface area contributed by atoms with Gasteiger partial charge >= 0.3 is 0 Å². The largest absolute Gasteiger partial charge is 0.365 e. The molecule has 1 aliphatic carbocycles. The van der Waals surface area contributed by atoms with E-state index < -0.39 is 27.8 Å². The molecule has 0 spiro atoms. The van der Waals surface area contributed by atoms with Crippen molar-refractivity contribution in [2.45, 2.75) is 56.0 Å². The fraction of sp³-hybridized carbons (Fsp3) is 0.647. The highest BCUT2D eigenvalue weighted by molar-refractivity contribution is 9.10. The number of alkyl halides is 2. The summed E-state index contributed by atoms with van der Waals surface area (Å²) in [6.45, 7) is 4.23. The summed E-state index contributed by atoms with van der Waals surface area (Å²) in [5.74, 6) is -3.13. The van der Waals surface area contributed by atoms with Crippen molar-refractivity contribution < 1.29 is 21.6 Å². The van der Waals surface area contributed by atoms with Gasteiger partial charge in [0, 0.05) is 38.5 Å². The summed E-state index contributed by atoms with van der Waals surface area (Å²) in [5.41, 5.74) is 0.171. The van der Waals surface area contributed by atoms with Crippen LogP contribution in [-0.2, 0) is 10.0 Å². The van der Waals surface area contributed by atoms with Crippen molar-refractivity contribution >= 4 is 31.6 Å². The number of sulfonamides is 1. The Morgan fingerprint density at radius 3 is 2.46 bits per heavy atom. The summed E-state index contributed by atoms with van der Waals surface area (Å²) in [7, 11) is -2.36. The van der Waals surface area contributed by atoms with Crippen LogP contribution in [0.15, 0.2) is 21.5 Å². The van der Waals surface area contributed by atoms with Crippen molar-refractivity contribution in [3.63, 3.8) is 0 Å². The van der Waals surface area contributed by atoms with Crippen molar-refractivity contribution in [2.24, 2.45) is 5.92 Å². The van der Waals surface area contributed by atoms with Crippen molar-refractivity contribution in [3.05, 3.63) is 22.4 Å². The molecule has 1 saturated carbocycles. The number of fused-ring (bicyclic) bond motifs is 1. The van der Waals surface area contributed by atoms with Crippen molar-refractivity contribution in [3.8, 4) is 0 Å². The summed E-state index contributed by atoms with van der Waals surface area (Å²) in [4.78, 5) is 1.62. The van der Waals surface area contributed by atoms with Gasteiger partial charge in [-0.1, -0.05) is 13.8 Å². The maximum Gasteiger partial charge on any atom is 0.252 e. The van der Waals surface area contributed by atoms with Crippen LogP contribution in [0.25, 0.3) is 0 Å². The first-order chi connectivity index (χ1) is 11.9. The van der Waals surface area contributed by atoms with Crippen molar-refractivity contribution in [1.82, 2.24) is 4.31 Å². The van der Waals surface area contributed by atoms with E-state index in [9.17, 15) is 21.6 Å². The predicted octanol–water partition coefficient (Wildman–Crippen LogP) is 4.24. The Balaban J connectivity index is 2.12. The lowest BCUT2D eigenvalue weighted by atomic mass is 9.86. The summed E-state index contributed by atoms with van der Waals surface area (Å²) in [6, 6.07) is 1.50. The third-order valence-electron chi connectivity index (χ3n) is 5.14. The third-order valence-corrected chi connectivity index (χ3v) is 7.69. The predicted molar refractivity (Wildman–Crippen MR) is 97.6 cm³/mol. The quantitative estimate of drug-likeness (QED) is 0.685. The number of hydrogen-bond acceptors (Lipinski definition) is 3. The van der Waals surface area contributed by atoms with Crippen LogP contribution in [0.3, 0.4) is 0 Å². The Morgan fingerprint density at radius 2 is 1.92 bits per heavy atom. The number of benzene rings is 1. The van der Waals surface area contributed by atoms with E-state index in [0.29, 0.717) is 6.42 Å². The number of halogens is 4. The van der Waals surface area contributed by atoms with E-state index in [1.54, 1.807) is 4.90 Å². The van der Waals surface area contributed by atoms with Gasteiger partial charge in [0.2, 0.25) is 10.0 Å². The molecule has 0 amide bonds. The van der Waals surface area contributed by atoms with Gasteiger partial charge in [-0.15, -0.1) is 0 Å². The molecule has 1 heterocycles. The molecular weight excluding hydrogens is 433 g/mol. The van der Waals surface area contributed by atoms with Gasteiger partial charge in [-0.05, 0) is 40.4 Å². The topological polar surface area (TPSA) is 40.6 Å². The molecule has 2 aliphatic rings. The van der Waals surface area contributed by atoms with Gasteiger partial charge in [-0.25, -0.2) is 21.6 Å². The highest BCUT2D eigenvalue weighted by atomic mass is 79.9. The van der Waals surface area contributed by atoms with E-state index in [4.69, 9.17) is 0 Å². The molecule has 1 fully saturated rings. The highest BCUT2D eigenvalue weighted by Gasteiger charge is 2.50. The van der Waals surface area contributed by atoms with Gasteiger partial charge in [0.05, 0.1) is 10.2 Å². The van der Waals surface area contributed by atoms with E-state index in [1.165, 1.54) is 17.4 Å². The summed E-state index contributed by atoms with van der Waals surface area (Å²) >= 11 is 3.04. The Kier molecular flexibility index (Phi) is 5.12. The molecule has 1 atom stereocenters. The Hall–Kier alpha value is -0.800. The molecule has 3 rings (SSSR count). The molecule has 0 radical (unpaired) electrons. The molecular formula is C17H22BrF3N2O2S. The standard InChI is InChI=1S/C17H22BrF3N2O2S/c1-10(2)4-11-9-23(12-7-17(20,21)8-12)15-6-14(19)13(18)5-16(15)26(24,25)22(11)3/h5-6,10-12H,4,7-9H2,1-3H3/t11-/m1/s1. The minimum absolute atomic E-state index is 0.0365. The number of hydrogen-bond donors (Lipinski definition) is 0. The van der Waals surface area contributed by atoms with Crippen LogP contribution in [0, 0.1) is 11.7 Å². The average molecular weight is 455 g/mol. The summed E-state index contributed by atoms with van der Waals surface area (Å²) < 4.78 is 68.6. The second-order valence-electron chi connectivity index (χ2n) is 7.61. The molecule has 1 aromatic rings. The molecule has 1 aliphatic heterocycles. The number of likely N-dealkylation sites (N-methyl/N-ethyl adjacent to an activating group) is 1. The minimum atomic E-state index is -3.86. The fourth-order valence-corrected chi connectivity index (χ4v) is 5.76. The Bertz CT molecular complexity index is 808. The third kappa shape index (κ3) is 3.49. The van der Waals surface area contributed by atoms with Crippen LogP contribution in [0.4, 0.5) is 18.9 Å². The maximum atomic E-state index is 14.2. The average Bonchev–Trinajstić information content (AvgIpc) is 2.56. The molecule has 0 saturated heterocycles. The molecule has 9 heteroatoms. The first-order valence-corrected chi connectivity index (χ1v) is 10.8. The van der Waals surface area contributed by atoms with Crippen LogP contribution in [0.2, 0.25) is 0 Å². The Labute approximate surface area is 160 Å². The van der Waals surface area contributed by atoms with Crippen LogP contribution in [0.5, 0.6) is 0 Å². The molecule has 146 valence electrons. The fourth-order valence-electron chi connectivity index (χ4n) is 3.70. The normalized spacial score (nSPS) is 25.7. The number of anilines is 1. The lowest BCUT2D eigenvalue weighted by molar-refractivity contribution is -0.0862. The van der Waals surface area contributed by atoms with Gasteiger partial charge in [0.25, 0.3) is 5.92 Å². The van der Waals surface area contributed by atoms with Crippen LogP contribution in [-0.4, -0.2) is 44.3 Å². The lowest BCUT2D eigenvalue weighted by Gasteiger charge is -2.44. The zero-order valence-corrected chi connectivity index (χ0v) is 17.2. The van der Waals surface area contributed by atoms with Gasteiger partial charge in [0.1, 0.15) is 10.7 Å². The first kappa shape index (κ1) is 19.9. The van der Waals surface area contributed by atoms with E-state index in [1.807, 2.05) is 13.8 Å². The molecule has 0 N–H and O–H groups in total. The highest BCUT2D eigenvalue weighted by Crippen LogP contribution is 2.45. The number of rotatable bonds is 3. The second-order valence-corrected chi connectivity index (χ2v) is 10.4. The smallest absolute Gasteiger partial charge is 0.252 e. The monoisotopic (exact) mass is 454 g/mol. The van der Waals surface area contributed by atoms with Crippen LogP contribution in [0.1, 0.15) is 33.1 Å². The van der Waals surface area contributed by atoms with E-state index in [-0.39, 0.29) is 46.4 Å². The molecule has 0 bridgehead atoms. The SMILES string of the molecule is CC(C)C[C@@H]1CN(C2CC(F)(F)C2)c2cc(F)c(Br)cc2S(=O)(=O)N1C. The summed E-state index contributed by atoms with van der Waals surface area (Å²) in [5, 5.41) is 0. The molecule has 1 aromatic carbocycles. The van der Waals surface area contributed by atoms with Gasteiger partial charge in [-0.3, -0.25) is 0 Å². The summed E-state index contributed by atoms with van der Waals surface area (Å²) in [6.07, 6.45) is -0.0997. The second kappa shape index (κ2) is 6.67. The maximum absolute atomic E-state index is 14.2. The zero-order valence-electron chi connectivity index (χ0n) is 14.8. The van der Waals surface area contributed by atoms with Gasteiger partial charge in [0.15, 0.2) is 0 Å². The van der Waals surface area contributed by atoms with Crippen molar-refractivity contribution in [1.29, 1.82) is 0 Å². The van der Waals surface area contributed by atoms with E-state index in [2.05, 4.69) is 15.9 Å². The van der Waals surface area contributed by atoms with E-state index >= 15 is 0 Å². The molecule has 4 nitrogen and oxygen atoms in total. The minimum Gasteiger partial charge on any atom is -0.365 e. The zero-order chi connectivity index (χ0) is 19.4. The van der Waals surface area contributed by atoms with Gasteiger partial charge in [-0.2, -0.15) is 4.31 Å². The van der Waals surface area contributed by atoms with Gasteiger partial charge < -0.3 is 4.90 Å². The van der Waals surface area contributed by atoms with Crippen LogP contribution < -0.4 is 4.90 Å². The Morgan fingerprint density at radius 1 is 1.31 bits per heavy atom. The van der Waals surface area contributed by atoms with Crippen LogP contribution >= 0.6 is 15.9 Å².